The number of carbonyl (C=O) groups is 1. The minimum atomic E-state index is -0.443. The Morgan fingerprint density at radius 2 is 1.81 bits per heavy atom. The molecular weight excluding hydrogens is 389 g/mol. The number of halogens is 1. The van der Waals surface area contributed by atoms with Crippen LogP contribution >= 0.6 is 0 Å². The molecule has 2 aromatic rings. The van der Waals surface area contributed by atoms with Crippen molar-refractivity contribution >= 4 is 6.09 Å². The summed E-state index contributed by atoms with van der Waals surface area (Å²) in [6.07, 6.45) is 3.20. The van der Waals surface area contributed by atoms with E-state index in [-0.39, 0.29) is 30.3 Å². The number of amides is 1. The molecule has 1 amide bonds. The molecule has 31 heavy (non-hydrogen) atoms. The second kappa shape index (κ2) is 12.8. The number of rotatable bonds is 11. The zero-order valence-electron chi connectivity index (χ0n) is 18.9. The van der Waals surface area contributed by atoms with Crippen LogP contribution in [-0.4, -0.2) is 12.1 Å². The molecule has 3 nitrogen and oxygen atoms in total. The van der Waals surface area contributed by atoms with Crippen molar-refractivity contribution in [3.63, 3.8) is 0 Å². The van der Waals surface area contributed by atoms with E-state index in [4.69, 9.17) is 4.74 Å². The highest BCUT2D eigenvalue weighted by Gasteiger charge is 2.28. The molecule has 0 aliphatic rings. The Labute approximate surface area is 186 Å². The summed E-state index contributed by atoms with van der Waals surface area (Å²) in [5.74, 6) is 0.0208. The van der Waals surface area contributed by atoms with Gasteiger partial charge in [-0.05, 0) is 53.5 Å². The van der Waals surface area contributed by atoms with Crippen LogP contribution in [0.3, 0.4) is 0 Å². The lowest BCUT2D eigenvalue weighted by Crippen LogP contribution is -2.39. The maximum Gasteiger partial charge on any atom is 0.407 e. The van der Waals surface area contributed by atoms with E-state index in [0.717, 1.165) is 42.4 Å². The second-order valence-corrected chi connectivity index (χ2v) is 7.89. The Bertz CT molecular complexity index is 857. The first-order valence-electron chi connectivity index (χ1n) is 11.1. The number of ether oxygens (including phenoxy) is 1. The molecule has 4 heteroatoms. The maximum absolute atomic E-state index is 13.4. The van der Waals surface area contributed by atoms with Gasteiger partial charge in [0.25, 0.3) is 0 Å². The van der Waals surface area contributed by atoms with Crippen LogP contribution in [0.25, 0.3) is 0 Å². The van der Waals surface area contributed by atoms with Crippen LogP contribution in [0.15, 0.2) is 72.5 Å². The highest BCUT2D eigenvalue weighted by atomic mass is 19.1. The van der Waals surface area contributed by atoms with Crippen LogP contribution in [-0.2, 0) is 11.3 Å². The number of hydrogen-bond donors (Lipinski definition) is 1. The van der Waals surface area contributed by atoms with Crippen molar-refractivity contribution in [3.8, 4) is 0 Å². The lowest BCUT2D eigenvalue weighted by molar-refractivity contribution is 0.136. The van der Waals surface area contributed by atoms with E-state index in [1.807, 2.05) is 42.5 Å². The average Bonchev–Trinajstić information content (AvgIpc) is 2.79. The molecule has 0 heterocycles. The zero-order valence-corrected chi connectivity index (χ0v) is 18.9. The largest absolute Gasteiger partial charge is 0.445 e. The fourth-order valence-corrected chi connectivity index (χ4v) is 3.97. The smallest absolute Gasteiger partial charge is 0.407 e. The van der Waals surface area contributed by atoms with Crippen molar-refractivity contribution in [1.29, 1.82) is 0 Å². The average molecular weight is 424 g/mol. The van der Waals surface area contributed by atoms with Crippen molar-refractivity contribution in [2.45, 2.75) is 65.0 Å². The van der Waals surface area contributed by atoms with Gasteiger partial charge in [0.1, 0.15) is 12.4 Å². The van der Waals surface area contributed by atoms with Gasteiger partial charge in [0, 0.05) is 0 Å². The van der Waals surface area contributed by atoms with E-state index in [1.54, 1.807) is 0 Å². The summed E-state index contributed by atoms with van der Waals surface area (Å²) in [6.45, 7) is 10.5. The summed E-state index contributed by atoms with van der Waals surface area (Å²) in [4.78, 5) is 12.6. The molecule has 0 spiro atoms. The predicted octanol–water partition coefficient (Wildman–Crippen LogP) is 7.15. The van der Waals surface area contributed by atoms with Gasteiger partial charge in [-0.25, -0.2) is 9.18 Å². The molecular formula is C27H34FNO2. The number of unbranched alkanes of at least 4 members (excludes halogenated alkanes) is 1. The van der Waals surface area contributed by atoms with Gasteiger partial charge in [0.2, 0.25) is 0 Å². The van der Waals surface area contributed by atoms with E-state index in [1.165, 1.54) is 12.1 Å². The fourth-order valence-electron chi connectivity index (χ4n) is 3.97. The number of hydrogen-bond acceptors (Lipinski definition) is 2. The van der Waals surface area contributed by atoms with Crippen LogP contribution in [0.5, 0.6) is 0 Å². The van der Waals surface area contributed by atoms with E-state index >= 15 is 0 Å². The van der Waals surface area contributed by atoms with E-state index in [9.17, 15) is 9.18 Å². The quantitative estimate of drug-likeness (QED) is 0.390. The molecule has 0 saturated carbocycles. The SMILES string of the molecule is C=C=C(C(CC)C(C)c1ccc(F)cc1)[C@@H](CCCC)NC(=O)OCc1ccccc1. The van der Waals surface area contributed by atoms with Gasteiger partial charge in [-0.3, -0.25) is 0 Å². The summed E-state index contributed by atoms with van der Waals surface area (Å²) in [6, 6.07) is 16.0. The lowest BCUT2D eigenvalue weighted by Gasteiger charge is -2.30. The highest BCUT2D eigenvalue weighted by molar-refractivity contribution is 5.68. The third-order valence-corrected chi connectivity index (χ3v) is 5.77. The Hall–Kier alpha value is -2.84. The van der Waals surface area contributed by atoms with Crippen LogP contribution in [0.4, 0.5) is 9.18 Å². The van der Waals surface area contributed by atoms with Crippen molar-refractivity contribution in [1.82, 2.24) is 5.32 Å². The summed E-state index contributed by atoms with van der Waals surface area (Å²) in [7, 11) is 0. The minimum Gasteiger partial charge on any atom is -0.445 e. The zero-order chi connectivity index (χ0) is 22.6. The monoisotopic (exact) mass is 423 g/mol. The Morgan fingerprint density at radius 3 is 2.39 bits per heavy atom. The van der Waals surface area contributed by atoms with Crippen molar-refractivity contribution in [2.24, 2.45) is 5.92 Å². The highest BCUT2D eigenvalue weighted by Crippen LogP contribution is 2.34. The standard InChI is InChI=1S/C27H34FNO2/c1-5-8-14-26(29-27(30)31-19-21-12-10-9-11-13-21)25(7-3)24(6-2)20(4)22-15-17-23(28)18-16-22/h9-13,15-18,20,24,26H,3,5-6,8,14,19H2,1-2,4H3,(H,29,30)/t20?,24?,26-/m1/s1. The van der Waals surface area contributed by atoms with Crippen LogP contribution in [0.1, 0.15) is 63.5 Å². The maximum atomic E-state index is 13.4. The molecule has 0 fully saturated rings. The number of benzene rings is 2. The van der Waals surface area contributed by atoms with Crippen LogP contribution in [0.2, 0.25) is 0 Å². The van der Waals surface area contributed by atoms with Gasteiger partial charge in [0.15, 0.2) is 0 Å². The number of alkyl carbamates (subject to hydrolysis) is 1. The number of nitrogens with one attached hydrogen (secondary N) is 1. The molecule has 3 atom stereocenters. The molecule has 1 N–H and O–H groups in total. The molecule has 2 rings (SSSR count). The number of carbonyl (C=O) groups excluding carboxylic acids is 1. The third kappa shape index (κ3) is 7.41. The minimum absolute atomic E-state index is 0.124. The van der Waals surface area contributed by atoms with Gasteiger partial charge in [0.05, 0.1) is 6.04 Å². The molecule has 0 bridgehead atoms. The van der Waals surface area contributed by atoms with Crippen LogP contribution < -0.4 is 5.32 Å². The second-order valence-electron chi connectivity index (χ2n) is 7.89. The van der Waals surface area contributed by atoms with Gasteiger partial charge in [-0.1, -0.05) is 82.7 Å². The predicted molar refractivity (Wildman–Crippen MR) is 124 cm³/mol. The summed E-state index contributed by atoms with van der Waals surface area (Å²) >= 11 is 0. The lowest BCUT2D eigenvalue weighted by atomic mass is 9.77. The first-order valence-corrected chi connectivity index (χ1v) is 11.1. The van der Waals surface area contributed by atoms with Crippen molar-refractivity contribution in [3.05, 3.63) is 89.4 Å². The topological polar surface area (TPSA) is 38.3 Å². The Morgan fingerprint density at radius 1 is 1.13 bits per heavy atom. The molecule has 2 aromatic carbocycles. The van der Waals surface area contributed by atoms with E-state index in [0.29, 0.717) is 0 Å². The van der Waals surface area contributed by atoms with Crippen LogP contribution in [0, 0.1) is 11.7 Å². The Kier molecular flexibility index (Phi) is 10.1. The normalized spacial score (nSPS) is 13.5. The first kappa shape index (κ1) is 24.4. The van der Waals surface area contributed by atoms with Gasteiger partial charge < -0.3 is 10.1 Å². The van der Waals surface area contributed by atoms with Gasteiger partial charge in [-0.15, -0.1) is 5.73 Å². The van der Waals surface area contributed by atoms with Crippen molar-refractivity contribution < 1.29 is 13.9 Å². The first-order chi connectivity index (χ1) is 15.0. The molecule has 2 unspecified atom stereocenters. The van der Waals surface area contributed by atoms with Crippen molar-refractivity contribution in [2.75, 3.05) is 0 Å². The molecule has 0 aliphatic carbocycles. The fraction of sp³-hybridized carbons (Fsp3) is 0.407. The third-order valence-electron chi connectivity index (χ3n) is 5.77. The molecule has 0 aliphatic heterocycles. The molecule has 0 saturated heterocycles. The summed E-state index contributed by atoms with van der Waals surface area (Å²) in [5.41, 5.74) is 6.10. The van der Waals surface area contributed by atoms with E-state index < -0.39 is 6.09 Å². The van der Waals surface area contributed by atoms with Gasteiger partial charge >= 0.3 is 6.09 Å². The molecule has 166 valence electrons. The van der Waals surface area contributed by atoms with E-state index in [2.05, 4.69) is 38.4 Å². The Balaban J connectivity index is 2.14. The van der Waals surface area contributed by atoms with Gasteiger partial charge in [-0.2, -0.15) is 0 Å². The summed E-state index contributed by atoms with van der Waals surface area (Å²) < 4.78 is 18.8. The summed E-state index contributed by atoms with van der Waals surface area (Å²) in [5, 5.41) is 3.04. The molecule has 0 aromatic heterocycles. The molecule has 0 radical (unpaired) electrons.